The Morgan fingerprint density at radius 1 is 1.10 bits per heavy atom. The number of rotatable bonds is 7. The molecule has 0 saturated heterocycles. The van der Waals surface area contributed by atoms with E-state index in [1.807, 2.05) is 54.6 Å². The first-order chi connectivity index (χ1) is 15.1. The number of carbonyl (C=O) groups is 2. The van der Waals surface area contributed by atoms with Crippen LogP contribution in [-0.2, 0) is 20.9 Å². The van der Waals surface area contributed by atoms with Gasteiger partial charge in [-0.05, 0) is 33.7 Å². The Balaban J connectivity index is 1.50. The standard InChI is InChI=1S/C21H20N6O4/c1-30-17-9-7-16(8-10-17)19-11-18(15-5-3-2-4-6-15)23-27(19)20(28)13-31-21(29)12-26-14-22-24-25-26/h2-10,14,19H,11-13H2,1H3. The fraction of sp³-hybridized carbons (Fsp3) is 0.238. The van der Waals surface area contributed by atoms with Crippen LogP contribution in [0.5, 0.6) is 5.75 Å². The quantitative estimate of drug-likeness (QED) is 0.534. The fourth-order valence-corrected chi connectivity index (χ4v) is 3.27. The summed E-state index contributed by atoms with van der Waals surface area (Å²) in [4.78, 5) is 24.9. The number of hydrogen-bond donors (Lipinski definition) is 0. The van der Waals surface area contributed by atoms with Crippen LogP contribution in [0.25, 0.3) is 0 Å². The molecule has 0 N–H and O–H groups in total. The molecule has 1 unspecified atom stereocenters. The number of hydrogen-bond acceptors (Lipinski definition) is 8. The molecule has 1 atom stereocenters. The van der Waals surface area contributed by atoms with Gasteiger partial charge in [0, 0.05) is 6.42 Å². The first kappa shape index (κ1) is 20.2. The summed E-state index contributed by atoms with van der Waals surface area (Å²) in [7, 11) is 1.60. The van der Waals surface area contributed by atoms with Crippen molar-refractivity contribution in [3.63, 3.8) is 0 Å². The third-order valence-corrected chi connectivity index (χ3v) is 4.81. The summed E-state index contributed by atoms with van der Waals surface area (Å²) in [5.74, 6) is -0.315. The molecule has 2 heterocycles. The number of aromatic nitrogens is 4. The van der Waals surface area contributed by atoms with Crippen molar-refractivity contribution in [1.82, 2.24) is 25.2 Å². The lowest BCUT2D eigenvalue weighted by molar-refractivity contribution is -0.153. The van der Waals surface area contributed by atoms with Gasteiger partial charge in [-0.1, -0.05) is 42.5 Å². The average Bonchev–Trinajstić information content (AvgIpc) is 3.48. The maximum atomic E-state index is 12.9. The minimum atomic E-state index is -0.617. The van der Waals surface area contributed by atoms with E-state index in [2.05, 4.69) is 20.6 Å². The van der Waals surface area contributed by atoms with Gasteiger partial charge in [0.25, 0.3) is 5.91 Å². The molecule has 2 aromatic carbocycles. The van der Waals surface area contributed by atoms with Crippen molar-refractivity contribution in [2.45, 2.75) is 19.0 Å². The molecule has 0 radical (unpaired) electrons. The molecule has 10 heteroatoms. The Labute approximate surface area is 178 Å². The highest BCUT2D eigenvalue weighted by Crippen LogP contribution is 2.33. The van der Waals surface area contributed by atoms with Gasteiger partial charge >= 0.3 is 5.97 Å². The zero-order chi connectivity index (χ0) is 21.6. The lowest BCUT2D eigenvalue weighted by Crippen LogP contribution is -2.32. The molecular formula is C21H20N6O4. The van der Waals surface area contributed by atoms with Gasteiger partial charge in [-0.2, -0.15) is 5.10 Å². The maximum Gasteiger partial charge on any atom is 0.328 e. The van der Waals surface area contributed by atoms with Crippen LogP contribution in [0.4, 0.5) is 0 Å². The van der Waals surface area contributed by atoms with E-state index in [1.54, 1.807) is 7.11 Å². The monoisotopic (exact) mass is 420 g/mol. The number of tetrazole rings is 1. The topological polar surface area (TPSA) is 112 Å². The predicted molar refractivity (Wildman–Crippen MR) is 109 cm³/mol. The van der Waals surface area contributed by atoms with Crippen LogP contribution in [-0.4, -0.2) is 56.5 Å². The van der Waals surface area contributed by atoms with Gasteiger partial charge in [-0.3, -0.25) is 9.59 Å². The van der Waals surface area contributed by atoms with Gasteiger partial charge in [0.1, 0.15) is 18.6 Å². The second-order valence-electron chi connectivity index (χ2n) is 6.81. The lowest BCUT2D eigenvalue weighted by Gasteiger charge is -2.22. The van der Waals surface area contributed by atoms with Gasteiger partial charge in [-0.25, -0.2) is 9.69 Å². The molecular weight excluding hydrogens is 400 g/mol. The van der Waals surface area contributed by atoms with Crippen LogP contribution < -0.4 is 4.74 Å². The molecule has 0 saturated carbocycles. The number of nitrogens with zero attached hydrogens (tertiary/aromatic N) is 6. The third-order valence-electron chi connectivity index (χ3n) is 4.81. The first-order valence-electron chi connectivity index (χ1n) is 9.59. The maximum absolute atomic E-state index is 12.9. The molecule has 1 aromatic heterocycles. The van der Waals surface area contributed by atoms with Crippen LogP contribution in [0.2, 0.25) is 0 Å². The summed E-state index contributed by atoms with van der Waals surface area (Å²) >= 11 is 0. The van der Waals surface area contributed by atoms with Crippen LogP contribution in [0.3, 0.4) is 0 Å². The molecule has 31 heavy (non-hydrogen) atoms. The van der Waals surface area contributed by atoms with Crippen molar-refractivity contribution >= 4 is 17.6 Å². The summed E-state index contributed by atoms with van der Waals surface area (Å²) in [6, 6.07) is 16.8. The van der Waals surface area contributed by atoms with E-state index in [4.69, 9.17) is 9.47 Å². The molecule has 1 amide bonds. The van der Waals surface area contributed by atoms with Gasteiger partial charge in [0.15, 0.2) is 6.61 Å². The van der Waals surface area contributed by atoms with Gasteiger partial charge in [0.05, 0.1) is 18.9 Å². The molecule has 3 aromatic rings. The van der Waals surface area contributed by atoms with Crippen molar-refractivity contribution in [2.75, 3.05) is 13.7 Å². The van der Waals surface area contributed by atoms with E-state index in [1.165, 1.54) is 16.0 Å². The van der Waals surface area contributed by atoms with Gasteiger partial charge in [0.2, 0.25) is 0 Å². The Morgan fingerprint density at radius 2 is 1.87 bits per heavy atom. The van der Waals surface area contributed by atoms with E-state index in [0.29, 0.717) is 6.42 Å². The molecule has 0 spiro atoms. The number of benzene rings is 2. The summed E-state index contributed by atoms with van der Waals surface area (Å²) in [6.07, 6.45) is 1.83. The number of hydrazone groups is 1. The number of amides is 1. The Kier molecular flexibility index (Phi) is 5.97. The van der Waals surface area contributed by atoms with Crippen LogP contribution in [0.1, 0.15) is 23.6 Å². The van der Waals surface area contributed by atoms with Crippen LogP contribution in [0.15, 0.2) is 66.0 Å². The zero-order valence-corrected chi connectivity index (χ0v) is 16.8. The smallest absolute Gasteiger partial charge is 0.328 e. The largest absolute Gasteiger partial charge is 0.497 e. The molecule has 1 aliphatic rings. The van der Waals surface area contributed by atoms with Crippen molar-refractivity contribution in [3.05, 3.63) is 72.1 Å². The number of ether oxygens (including phenoxy) is 2. The summed E-state index contributed by atoms with van der Waals surface area (Å²) in [5, 5.41) is 16.4. The van der Waals surface area contributed by atoms with E-state index in [-0.39, 0.29) is 12.6 Å². The van der Waals surface area contributed by atoms with E-state index in [9.17, 15) is 9.59 Å². The van der Waals surface area contributed by atoms with Crippen molar-refractivity contribution < 1.29 is 19.1 Å². The molecule has 158 valence electrons. The van der Waals surface area contributed by atoms with E-state index in [0.717, 1.165) is 22.6 Å². The summed E-state index contributed by atoms with van der Waals surface area (Å²) in [5.41, 5.74) is 2.63. The van der Waals surface area contributed by atoms with Crippen LogP contribution in [0, 0.1) is 0 Å². The number of methoxy groups -OCH3 is 1. The molecule has 1 aliphatic heterocycles. The Hall–Kier alpha value is -4.08. The summed E-state index contributed by atoms with van der Waals surface area (Å²) in [6.45, 7) is -0.611. The molecule has 10 nitrogen and oxygen atoms in total. The average molecular weight is 420 g/mol. The van der Waals surface area contributed by atoms with Gasteiger partial charge in [-0.15, -0.1) is 5.10 Å². The highest BCUT2D eigenvalue weighted by atomic mass is 16.5. The fourth-order valence-electron chi connectivity index (χ4n) is 3.27. The Bertz CT molecular complexity index is 1070. The normalized spacial score (nSPS) is 15.5. The highest BCUT2D eigenvalue weighted by molar-refractivity contribution is 6.03. The van der Waals surface area contributed by atoms with E-state index >= 15 is 0 Å². The SMILES string of the molecule is COc1ccc(C2CC(c3ccccc3)=NN2C(=O)COC(=O)Cn2cnnn2)cc1. The second kappa shape index (κ2) is 9.16. The third kappa shape index (κ3) is 4.74. The molecule has 0 bridgehead atoms. The summed E-state index contributed by atoms with van der Waals surface area (Å²) < 4.78 is 11.6. The number of carbonyl (C=O) groups excluding carboxylic acids is 2. The lowest BCUT2D eigenvalue weighted by atomic mass is 9.98. The minimum Gasteiger partial charge on any atom is -0.497 e. The molecule has 0 fully saturated rings. The molecule has 0 aliphatic carbocycles. The van der Waals surface area contributed by atoms with Gasteiger partial charge < -0.3 is 9.47 Å². The van der Waals surface area contributed by atoms with Crippen molar-refractivity contribution in [2.24, 2.45) is 5.10 Å². The Morgan fingerprint density at radius 3 is 2.55 bits per heavy atom. The first-order valence-corrected chi connectivity index (χ1v) is 9.59. The van der Waals surface area contributed by atoms with Crippen molar-refractivity contribution in [1.29, 1.82) is 0 Å². The zero-order valence-electron chi connectivity index (χ0n) is 16.8. The van der Waals surface area contributed by atoms with Crippen LogP contribution >= 0.6 is 0 Å². The number of esters is 1. The highest BCUT2D eigenvalue weighted by Gasteiger charge is 2.33. The minimum absolute atomic E-state index is 0.180. The van der Waals surface area contributed by atoms with Crippen molar-refractivity contribution in [3.8, 4) is 5.75 Å². The van der Waals surface area contributed by atoms with E-state index < -0.39 is 18.5 Å². The second-order valence-corrected chi connectivity index (χ2v) is 6.81. The predicted octanol–water partition coefficient (Wildman–Crippen LogP) is 1.60. The molecule has 4 rings (SSSR count).